The number of carbonyl (C=O) groups is 1. The van der Waals surface area contributed by atoms with E-state index in [0.29, 0.717) is 18.1 Å². The number of hydrogen-bond acceptors (Lipinski definition) is 3. The van der Waals surface area contributed by atoms with Gasteiger partial charge in [-0.1, -0.05) is 12.8 Å². The van der Waals surface area contributed by atoms with Gasteiger partial charge in [-0.15, -0.1) is 12.4 Å². The predicted molar refractivity (Wildman–Crippen MR) is 71.9 cm³/mol. The SMILES string of the molecule is Cl.O=C(C1CCNC1)N1CCOC2CCCCC21. The van der Waals surface area contributed by atoms with Gasteiger partial charge in [0.1, 0.15) is 0 Å². The van der Waals surface area contributed by atoms with Crippen molar-refractivity contribution in [2.45, 2.75) is 44.2 Å². The van der Waals surface area contributed by atoms with E-state index in [1.54, 1.807) is 0 Å². The smallest absolute Gasteiger partial charge is 0.227 e. The Hall–Kier alpha value is -0.320. The van der Waals surface area contributed by atoms with E-state index >= 15 is 0 Å². The highest BCUT2D eigenvalue weighted by atomic mass is 35.5. The van der Waals surface area contributed by atoms with Crippen LogP contribution < -0.4 is 5.32 Å². The number of fused-ring (bicyclic) bond motifs is 1. The van der Waals surface area contributed by atoms with Gasteiger partial charge < -0.3 is 15.0 Å². The normalized spacial score (nSPS) is 35.8. The van der Waals surface area contributed by atoms with Crippen LogP contribution in [0, 0.1) is 5.92 Å². The van der Waals surface area contributed by atoms with Crippen molar-refractivity contribution in [2.75, 3.05) is 26.2 Å². The van der Waals surface area contributed by atoms with E-state index in [9.17, 15) is 4.79 Å². The number of amides is 1. The highest BCUT2D eigenvalue weighted by Gasteiger charge is 2.39. The van der Waals surface area contributed by atoms with Crippen LogP contribution in [-0.4, -0.2) is 49.2 Å². The summed E-state index contributed by atoms with van der Waals surface area (Å²) in [6.07, 6.45) is 6.10. The summed E-state index contributed by atoms with van der Waals surface area (Å²) in [6, 6.07) is 0.366. The average Bonchev–Trinajstić information content (AvgIpc) is 2.91. The van der Waals surface area contributed by atoms with E-state index in [0.717, 1.165) is 45.5 Å². The maximum absolute atomic E-state index is 12.5. The Balaban J connectivity index is 0.00000120. The number of nitrogens with one attached hydrogen (secondary N) is 1. The Labute approximate surface area is 115 Å². The van der Waals surface area contributed by atoms with Crippen molar-refractivity contribution in [3.05, 3.63) is 0 Å². The van der Waals surface area contributed by atoms with E-state index in [2.05, 4.69) is 10.2 Å². The molecule has 5 heteroatoms. The molecule has 0 radical (unpaired) electrons. The van der Waals surface area contributed by atoms with Crippen molar-refractivity contribution in [3.8, 4) is 0 Å². The van der Waals surface area contributed by atoms with Gasteiger partial charge in [0.05, 0.1) is 24.7 Å². The molecule has 2 heterocycles. The Kier molecular flexibility index (Phi) is 4.87. The Morgan fingerprint density at radius 1 is 1.22 bits per heavy atom. The van der Waals surface area contributed by atoms with Crippen LogP contribution in [0.25, 0.3) is 0 Å². The molecule has 2 saturated heterocycles. The third-order valence-electron chi connectivity index (χ3n) is 4.42. The van der Waals surface area contributed by atoms with Crippen molar-refractivity contribution >= 4 is 18.3 Å². The first-order valence-electron chi connectivity index (χ1n) is 6.99. The summed E-state index contributed by atoms with van der Waals surface area (Å²) in [6.45, 7) is 3.39. The lowest BCUT2D eigenvalue weighted by molar-refractivity contribution is -0.153. The van der Waals surface area contributed by atoms with Crippen molar-refractivity contribution in [2.24, 2.45) is 5.92 Å². The highest BCUT2D eigenvalue weighted by molar-refractivity contribution is 5.85. The molecular weight excluding hydrogens is 252 g/mol. The lowest BCUT2D eigenvalue weighted by Crippen LogP contribution is -2.56. The largest absolute Gasteiger partial charge is 0.374 e. The van der Waals surface area contributed by atoms with Crippen LogP contribution in [0.5, 0.6) is 0 Å². The molecule has 3 rings (SSSR count). The molecule has 18 heavy (non-hydrogen) atoms. The number of rotatable bonds is 1. The molecule has 104 valence electrons. The molecule has 1 amide bonds. The number of nitrogens with zero attached hydrogens (tertiary/aromatic N) is 1. The summed E-state index contributed by atoms with van der Waals surface area (Å²) in [5, 5.41) is 3.29. The predicted octanol–water partition coefficient (Wildman–Crippen LogP) is 1.19. The van der Waals surface area contributed by atoms with E-state index in [-0.39, 0.29) is 18.3 Å². The molecule has 3 aliphatic rings. The summed E-state index contributed by atoms with van der Waals surface area (Å²) in [4.78, 5) is 14.6. The number of carbonyl (C=O) groups excluding carboxylic acids is 1. The minimum atomic E-state index is 0. The molecule has 3 fully saturated rings. The minimum Gasteiger partial charge on any atom is -0.374 e. The zero-order valence-electron chi connectivity index (χ0n) is 10.8. The Morgan fingerprint density at radius 2 is 2.06 bits per heavy atom. The molecule has 1 saturated carbocycles. The van der Waals surface area contributed by atoms with Crippen LogP contribution in [0.1, 0.15) is 32.1 Å². The molecule has 4 nitrogen and oxygen atoms in total. The minimum absolute atomic E-state index is 0. The van der Waals surface area contributed by atoms with Gasteiger partial charge in [0, 0.05) is 13.1 Å². The quantitative estimate of drug-likeness (QED) is 0.781. The molecule has 0 aromatic heterocycles. The van der Waals surface area contributed by atoms with Crippen LogP contribution >= 0.6 is 12.4 Å². The lowest BCUT2D eigenvalue weighted by Gasteiger charge is -2.44. The van der Waals surface area contributed by atoms with E-state index in [1.807, 2.05) is 0 Å². The molecule has 0 aromatic carbocycles. The maximum Gasteiger partial charge on any atom is 0.227 e. The summed E-state index contributed by atoms with van der Waals surface area (Å²) >= 11 is 0. The topological polar surface area (TPSA) is 41.6 Å². The van der Waals surface area contributed by atoms with E-state index < -0.39 is 0 Å². The second kappa shape index (κ2) is 6.22. The first-order chi connectivity index (χ1) is 8.36. The lowest BCUT2D eigenvalue weighted by atomic mass is 9.89. The Bertz CT molecular complexity index is 293. The fourth-order valence-electron chi connectivity index (χ4n) is 3.47. The zero-order valence-corrected chi connectivity index (χ0v) is 11.6. The van der Waals surface area contributed by atoms with Crippen molar-refractivity contribution in [3.63, 3.8) is 0 Å². The van der Waals surface area contributed by atoms with Crippen LogP contribution in [0.4, 0.5) is 0 Å². The molecular formula is C13H23ClN2O2. The van der Waals surface area contributed by atoms with Crippen LogP contribution in [0.3, 0.4) is 0 Å². The van der Waals surface area contributed by atoms with Gasteiger partial charge in [0.25, 0.3) is 0 Å². The number of hydrogen-bond donors (Lipinski definition) is 1. The van der Waals surface area contributed by atoms with Gasteiger partial charge in [-0.3, -0.25) is 4.79 Å². The third-order valence-corrected chi connectivity index (χ3v) is 4.42. The van der Waals surface area contributed by atoms with Gasteiger partial charge >= 0.3 is 0 Å². The third kappa shape index (κ3) is 2.65. The number of ether oxygens (including phenoxy) is 1. The molecule has 3 unspecified atom stereocenters. The molecule has 0 spiro atoms. The molecule has 0 aromatic rings. The van der Waals surface area contributed by atoms with Gasteiger partial charge in [0.15, 0.2) is 0 Å². The van der Waals surface area contributed by atoms with E-state index in [1.165, 1.54) is 12.8 Å². The number of morpholine rings is 1. The fourth-order valence-corrected chi connectivity index (χ4v) is 3.47. The van der Waals surface area contributed by atoms with Gasteiger partial charge in [-0.2, -0.15) is 0 Å². The van der Waals surface area contributed by atoms with Gasteiger partial charge in [-0.25, -0.2) is 0 Å². The Morgan fingerprint density at radius 3 is 2.83 bits per heavy atom. The second-order valence-electron chi connectivity index (χ2n) is 5.48. The van der Waals surface area contributed by atoms with Crippen molar-refractivity contribution in [1.29, 1.82) is 0 Å². The van der Waals surface area contributed by atoms with Crippen molar-refractivity contribution in [1.82, 2.24) is 10.2 Å². The molecule has 2 aliphatic heterocycles. The van der Waals surface area contributed by atoms with Crippen LogP contribution in [0.15, 0.2) is 0 Å². The average molecular weight is 275 g/mol. The molecule has 1 N–H and O–H groups in total. The number of halogens is 1. The first kappa shape index (κ1) is 14.1. The summed E-state index contributed by atoms with van der Waals surface area (Å²) in [5.74, 6) is 0.589. The van der Waals surface area contributed by atoms with Crippen LogP contribution in [-0.2, 0) is 9.53 Å². The molecule has 0 bridgehead atoms. The first-order valence-corrected chi connectivity index (χ1v) is 6.99. The fraction of sp³-hybridized carbons (Fsp3) is 0.923. The summed E-state index contributed by atoms with van der Waals surface area (Å²) in [7, 11) is 0. The van der Waals surface area contributed by atoms with Crippen molar-refractivity contribution < 1.29 is 9.53 Å². The maximum atomic E-state index is 12.5. The molecule has 1 aliphatic carbocycles. The summed E-state index contributed by atoms with van der Waals surface area (Å²) < 4.78 is 5.82. The standard InChI is InChI=1S/C13H22N2O2.ClH/c16-13(10-5-6-14-9-10)15-7-8-17-12-4-2-1-3-11(12)15;/h10-12,14H,1-9H2;1H. The monoisotopic (exact) mass is 274 g/mol. The van der Waals surface area contributed by atoms with E-state index in [4.69, 9.17) is 4.74 Å². The van der Waals surface area contributed by atoms with Gasteiger partial charge in [-0.05, 0) is 25.8 Å². The second-order valence-corrected chi connectivity index (χ2v) is 5.48. The zero-order chi connectivity index (χ0) is 11.7. The van der Waals surface area contributed by atoms with Crippen LogP contribution in [0.2, 0.25) is 0 Å². The van der Waals surface area contributed by atoms with Gasteiger partial charge in [0.2, 0.25) is 5.91 Å². The summed E-state index contributed by atoms with van der Waals surface area (Å²) in [5.41, 5.74) is 0. The molecule has 3 atom stereocenters. The highest BCUT2D eigenvalue weighted by Crippen LogP contribution is 2.29.